The standard InChI is InChI=1S/C25H38F3N3O2/c1-5-31(6-2)18-22(32)11-7-8-12-23(33)19(3)30-24(29-4)13-9-10-20-14-16-21(17-15-20)25(26,27)28/h13-14,16-17,20,29H,5-12,15,18H2,1-4H3/b24-13-,30-19+. The van der Waals surface area contributed by atoms with Gasteiger partial charge in [-0.05, 0) is 64.1 Å². The van der Waals surface area contributed by atoms with E-state index in [2.05, 4.69) is 15.2 Å². The predicted octanol–water partition coefficient (Wildman–Crippen LogP) is 5.39. The minimum atomic E-state index is -4.29. The molecule has 0 saturated carbocycles. The van der Waals surface area contributed by atoms with E-state index in [1.165, 1.54) is 6.08 Å². The molecule has 0 aromatic rings. The molecule has 33 heavy (non-hydrogen) atoms. The largest absolute Gasteiger partial charge is 0.416 e. The van der Waals surface area contributed by atoms with Crippen molar-refractivity contribution in [3.8, 4) is 0 Å². The molecule has 0 fully saturated rings. The molecule has 0 amide bonds. The fourth-order valence-electron chi connectivity index (χ4n) is 3.53. The second-order valence-corrected chi connectivity index (χ2v) is 8.26. The molecule has 1 aliphatic rings. The molecule has 1 rings (SSSR count). The summed E-state index contributed by atoms with van der Waals surface area (Å²) in [4.78, 5) is 30.8. The van der Waals surface area contributed by atoms with E-state index >= 15 is 0 Å². The number of alkyl halides is 3. The number of carbonyl (C=O) groups is 2. The smallest absolute Gasteiger partial charge is 0.373 e. The van der Waals surface area contributed by atoms with Crippen LogP contribution in [0.15, 0.2) is 40.7 Å². The summed E-state index contributed by atoms with van der Waals surface area (Å²) >= 11 is 0. The SMILES string of the molecule is CCN(CC)CC(=O)CCCCC(=O)/C(C)=N/C(=C\CCC1C=CC(C(F)(F)F)=CC1)NC. The van der Waals surface area contributed by atoms with E-state index in [0.717, 1.165) is 19.2 Å². The van der Waals surface area contributed by atoms with Crippen molar-refractivity contribution in [2.24, 2.45) is 10.9 Å². The van der Waals surface area contributed by atoms with Crippen molar-refractivity contribution in [2.75, 3.05) is 26.7 Å². The first kappa shape index (κ1) is 28.8. The van der Waals surface area contributed by atoms with Gasteiger partial charge in [-0.3, -0.25) is 14.5 Å². The molecule has 0 aliphatic heterocycles. The average Bonchev–Trinajstić information content (AvgIpc) is 2.79. The van der Waals surface area contributed by atoms with E-state index in [1.54, 1.807) is 20.0 Å². The van der Waals surface area contributed by atoms with E-state index < -0.39 is 11.7 Å². The molecule has 5 nitrogen and oxygen atoms in total. The Morgan fingerprint density at radius 1 is 1.21 bits per heavy atom. The van der Waals surface area contributed by atoms with Crippen molar-refractivity contribution in [1.82, 2.24) is 10.2 Å². The first-order valence-corrected chi connectivity index (χ1v) is 11.8. The summed E-state index contributed by atoms with van der Waals surface area (Å²) < 4.78 is 38.0. The van der Waals surface area contributed by atoms with Gasteiger partial charge in [0.2, 0.25) is 0 Å². The third-order valence-corrected chi connectivity index (χ3v) is 5.74. The van der Waals surface area contributed by atoms with Gasteiger partial charge in [0, 0.05) is 19.9 Å². The zero-order valence-electron chi connectivity index (χ0n) is 20.3. The van der Waals surface area contributed by atoms with Crippen LogP contribution in [0.25, 0.3) is 0 Å². The van der Waals surface area contributed by atoms with Crippen LogP contribution in [-0.2, 0) is 9.59 Å². The first-order chi connectivity index (χ1) is 15.6. The fourth-order valence-corrected chi connectivity index (χ4v) is 3.53. The molecule has 0 aromatic carbocycles. The predicted molar refractivity (Wildman–Crippen MR) is 127 cm³/mol. The van der Waals surface area contributed by atoms with Crippen molar-refractivity contribution >= 4 is 17.3 Å². The summed E-state index contributed by atoms with van der Waals surface area (Å²) in [7, 11) is 1.72. The summed E-state index contributed by atoms with van der Waals surface area (Å²) in [6.07, 6.45) is 5.45. The maximum Gasteiger partial charge on any atom is 0.416 e. The summed E-state index contributed by atoms with van der Waals surface area (Å²) in [5.41, 5.74) is -0.183. The number of nitrogens with one attached hydrogen (secondary N) is 1. The van der Waals surface area contributed by atoms with E-state index in [0.29, 0.717) is 63.0 Å². The molecule has 1 aliphatic carbocycles. The number of aliphatic imine (C=N–C) groups is 1. The maximum absolute atomic E-state index is 12.7. The Balaban J connectivity index is 2.41. The highest BCUT2D eigenvalue weighted by atomic mass is 19.4. The number of halogens is 3. The molecule has 1 unspecified atom stereocenters. The normalized spacial score (nSPS) is 17.3. The Hall–Kier alpha value is -2.22. The van der Waals surface area contributed by atoms with Crippen LogP contribution in [0.2, 0.25) is 0 Å². The number of allylic oxidation sites excluding steroid dienone is 5. The Morgan fingerprint density at radius 2 is 1.88 bits per heavy atom. The van der Waals surface area contributed by atoms with Gasteiger partial charge in [-0.25, -0.2) is 4.99 Å². The molecule has 1 atom stereocenters. The number of Topliss-reactive ketones (excluding diaryl/α,β-unsaturated/α-hetero) is 2. The van der Waals surface area contributed by atoms with Gasteiger partial charge >= 0.3 is 6.18 Å². The Kier molecular flexibility index (Phi) is 13.0. The van der Waals surface area contributed by atoms with Crippen molar-refractivity contribution in [3.05, 3.63) is 35.7 Å². The molecular weight excluding hydrogens is 431 g/mol. The summed E-state index contributed by atoms with van der Waals surface area (Å²) in [5.74, 6) is 0.783. The third kappa shape index (κ3) is 11.5. The van der Waals surface area contributed by atoms with Crippen molar-refractivity contribution in [1.29, 1.82) is 0 Å². The van der Waals surface area contributed by atoms with Gasteiger partial charge in [0.15, 0.2) is 5.78 Å². The second kappa shape index (κ2) is 14.8. The average molecular weight is 470 g/mol. The van der Waals surface area contributed by atoms with Crippen molar-refractivity contribution in [3.63, 3.8) is 0 Å². The quantitative estimate of drug-likeness (QED) is 0.258. The molecule has 8 heteroatoms. The highest BCUT2D eigenvalue weighted by Crippen LogP contribution is 2.32. The van der Waals surface area contributed by atoms with Gasteiger partial charge in [0.05, 0.1) is 17.8 Å². The summed E-state index contributed by atoms with van der Waals surface area (Å²) in [5, 5.41) is 2.96. The van der Waals surface area contributed by atoms with E-state index in [9.17, 15) is 22.8 Å². The van der Waals surface area contributed by atoms with Crippen LogP contribution in [0.5, 0.6) is 0 Å². The van der Waals surface area contributed by atoms with Crippen LogP contribution in [-0.4, -0.2) is 55.0 Å². The monoisotopic (exact) mass is 469 g/mol. The molecule has 0 radical (unpaired) electrons. The van der Waals surface area contributed by atoms with Crippen LogP contribution in [0.4, 0.5) is 13.2 Å². The fraction of sp³-hybridized carbons (Fsp3) is 0.640. The van der Waals surface area contributed by atoms with Gasteiger partial charge in [-0.2, -0.15) is 13.2 Å². The molecule has 0 heterocycles. The molecule has 0 saturated heterocycles. The first-order valence-electron chi connectivity index (χ1n) is 11.8. The number of unbranched alkanes of at least 4 members (excludes halogenated alkanes) is 1. The lowest BCUT2D eigenvalue weighted by Crippen LogP contribution is -2.29. The summed E-state index contributed by atoms with van der Waals surface area (Å²) in [6, 6.07) is 0. The number of nitrogens with zero attached hydrogens (tertiary/aromatic N) is 2. The van der Waals surface area contributed by atoms with Gasteiger partial charge in [0.1, 0.15) is 11.6 Å². The Morgan fingerprint density at radius 3 is 2.42 bits per heavy atom. The highest BCUT2D eigenvalue weighted by molar-refractivity contribution is 6.39. The number of carbonyl (C=O) groups excluding carboxylic acids is 2. The van der Waals surface area contributed by atoms with Crippen LogP contribution in [0, 0.1) is 5.92 Å². The van der Waals surface area contributed by atoms with Crippen molar-refractivity contribution < 1.29 is 22.8 Å². The summed E-state index contributed by atoms with van der Waals surface area (Å²) in [6.45, 7) is 7.91. The lowest BCUT2D eigenvalue weighted by atomic mass is 9.92. The van der Waals surface area contributed by atoms with Gasteiger partial charge in [-0.1, -0.05) is 32.1 Å². The molecule has 0 spiro atoms. The molecule has 1 N–H and O–H groups in total. The zero-order chi connectivity index (χ0) is 24.9. The Labute approximate surface area is 195 Å². The Bertz CT molecular complexity index is 763. The maximum atomic E-state index is 12.7. The van der Waals surface area contributed by atoms with Crippen LogP contribution < -0.4 is 5.32 Å². The zero-order valence-corrected chi connectivity index (χ0v) is 20.3. The third-order valence-electron chi connectivity index (χ3n) is 5.74. The second-order valence-electron chi connectivity index (χ2n) is 8.26. The lowest BCUT2D eigenvalue weighted by Gasteiger charge is -2.17. The topological polar surface area (TPSA) is 61.8 Å². The molecule has 0 aromatic heterocycles. The number of rotatable bonds is 15. The number of hydrogen-bond donors (Lipinski definition) is 1. The molecule has 186 valence electrons. The van der Waals surface area contributed by atoms with Gasteiger partial charge < -0.3 is 5.32 Å². The van der Waals surface area contributed by atoms with Crippen molar-refractivity contribution in [2.45, 2.75) is 71.9 Å². The number of likely N-dealkylation sites (N-methyl/N-ethyl adjacent to an activating group) is 1. The minimum absolute atomic E-state index is 0.0487. The number of ketones is 2. The molecule has 0 bridgehead atoms. The van der Waals surface area contributed by atoms with Crippen LogP contribution in [0.3, 0.4) is 0 Å². The van der Waals surface area contributed by atoms with E-state index in [-0.39, 0.29) is 17.5 Å². The molecular formula is C25H38F3N3O2. The van der Waals surface area contributed by atoms with Crippen LogP contribution in [0.1, 0.15) is 65.7 Å². The van der Waals surface area contributed by atoms with E-state index in [4.69, 9.17) is 0 Å². The van der Waals surface area contributed by atoms with Gasteiger partial charge in [0.25, 0.3) is 0 Å². The van der Waals surface area contributed by atoms with E-state index in [1.807, 2.05) is 19.9 Å². The van der Waals surface area contributed by atoms with Gasteiger partial charge in [-0.15, -0.1) is 0 Å². The van der Waals surface area contributed by atoms with Crippen LogP contribution >= 0.6 is 0 Å². The minimum Gasteiger partial charge on any atom is -0.373 e. The highest BCUT2D eigenvalue weighted by Gasteiger charge is 2.32. The lowest BCUT2D eigenvalue weighted by molar-refractivity contribution is -0.120. The number of hydrogen-bond acceptors (Lipinski definition) is 5.